The zero-order valence-corrected chi connectivity index (χ0v) is 14.6. The molecule has 0 radical (unpaired) electrons. The second kappa shape index (κ2) is 8.73. The van der Waals surface area contributed by atoms with Crippen molar-refractivity contribution in [3.63, 3.8) is 0 Å². The molecule has 2 rings (SSSR count). The molecule has 2 amide bonds. The molecule has 1 atom stereocenters. The van der Waals surface area contributed by atoms with E-state index >= 15 is 0 Å². The van der Waals surface area contributed by atoms with Gasteiger partial charge in [0.05, 0.1) is 6.04 Å². The Morgan fingerprint density at radius 3 is 2.41 bits per heavy atom. The lowest BCUT2D eigenvalue weighted by Gasteiger charge is -2.40. The first-order chi connectivity index (χ1) is 9.99. The predicted octanol–water partition coefficient (Wildman–Crippen LogP) is 1.79. The molecule has 0 aromatic heterocycles. The third-order valence-electron chi connectivity index (χ3n) is 4.62. The van der Waals surface area contributed by atoms with Crippen LogP contribution in [-0.4, -0.2) is 53.3 Å². The van der Waals surface area contributed by atoms with Gasteiger partial charge in [-0.05, 0) is 38.0 Å². The van der Waals surface area contributed by atoms with Gasteiger partial charge < -0.3 is 15.5 Å². The Morgan fingerprint density at radius 1 is 1.23 bits per heavy atom. The van der Waals surface area contributed by atoms with Gasteiger partial charge in [0.15, 0.2) is 0 Å². The molecule has 0 aliphatic carbocycles. The number of halogens is 1. The lowest BCUT2D eigenvalue weighted by molar-refractivity contribution is -0.139. The lowest BCUT2D eigenvalue weighted by Crippen LogP contribution is -2.53. The number of hydrogen-bond acceptors (Lipinski definition) is 3. The van der Waals surface area contributed by atoms with E-state index < -0.39 is 0 Å². The van der Waals surface area contributed by atoms with E-state index in [1.54, 1.807) is 0 Å². The van der Waals surface area contributed by atoms with Crippen LogP contribution in [0.2, 0.25) is 0 Å². The minimum atomic E-state index is -0.377. The quantitative estimate of drug-likeness (QED) is 0.854. The van der Waals surface area contributed by atoms with Crippen LogP contribution in [0, 0.1) is 5.92 Å². The summed E-state index contributed by atoms with van der Waals surface area (Å²) in [6.07, 6.45) is 5.36. The van der Waals surface area contributed by atoms with Crippen molar-refractivity contribution in [2.45, 2.75) is 64.5 Å². The Balaban J connectivity index is 0.00000242. The zero-order chi connectivity index (χ0) is 15.4. The summed E-state index contributed by atoms with van der Waals surface area (Å²) in [6.45, 7) is 6.53. The summed E-state index contributed by atoms with van der Waals surface area (Å²) in [4.78, 5) is 28.2. The maximum absolute atomic E-state index is 12.3. The number of nitrogens with zero attached hydrogens (tertiary/aromatic N) is 2. The fourth-order valence-corrected chi connectivity index (χ4v) is 3.45. The topological polar surface area (TPSA) is 66.6 Å². The van der Waals surface area contributed by atoms with Crippen molar-refractivity contribution >= 4 is 24.2 Å². The molecule has 0 unspecified atom stereocenters. The van der Waals surface area contributed by atoms with Gasteiger partial charge in [0.1, 0.15) is 0 Å². The van der Waals surface area contributed by atoms with Gasteiger partial charge >= 0.3 is 0 Å². The molecule has 128 valence electrons. The third kappa shape index (κ3) is 4.85. The molecule has 6 heteroatoms. The van der Waals surface area contributed by atoms with E-state index in [0.29, 0.717) is 24.3 Å². The van der Waals surface area contributed by atoms with Crippen LogP contribution in [0.3, 0.4) is 0 Å². The number of hydrogen-bond donors (Lipinski definition) is 1. The van der Waals surface area contributed by atoms with Crippen LogP contribution in [0.15, 0.2) is 0 Å². The Morgan fingerprint density at radius 2 is 1.86 bits per heavy atom. The maximum atomic E-state index is 12.3. The van der Waals surface area contributed by atoms with Crippen molar-refractivity contribution in [2.24, 2.45) is 11.7 Å². The van der Waals surface area contributed by atoms with Crippen LogP contribution in [0.4, 0.5) is 0 Å². The van der Waals surface area contributed by atoms with E-state index in [2.05, 4.69) is 13.8 Å². The van der Waals surface area contributed by atoms with E-state index in [-0.39, 0.29) is 24.4 Å². The summed E-state index contributed by atoms with van der Waals surface area (Å²) in [6, 6.07) is -0.0543. The molecule has 2 aliphatic rings. The highest BCUT2D eigenvalue weighted by atomic mass is 35.5. The number of rotatable bonds is 4. The number of likely N-dealkylation sites (tertiary alicyclic amines) is 2. The Labute approximate surface area is 140 Å². The first-order valence-corrected chi connectivity index (χ1v) is 8.33. The van der Waals surface area contributed by atoms with Gasteiger partial charge in [0, 0.05) is 32.1 Å². The van der Waals surface area contributed by atoms with Gasteiger partial charge in [0.2, 0.25) is 11.8 Å². The van der Waals surface area contributed by atoms with E-state index in [0.717, 1.165) is 51.7 Å². The molecule has 2 heterocycles. The highest BCUT2D eigenvalue weighted by molar-refractivity contribution is 5.85. The number of nitrogens with two attached hydrogens (primary N) is 1. The van der Waals surface area contributed by atoms with Crippen molar-refractivity contribution in [1.29, 1.82) is 0 Å². The molecule has 2 N–H and O–H groups in total. The zero-order valence-electron chi connectivity index (χ0n) is 13.8. The maximum Gasteiger partial charge on any atom is 0.239 e. The second-order valence-corrected chi connectivity index (χ2v) is 6.84. The van der Waals surface area contributed by atoms with Crippen LogP contribution in [-0.2, 0) is 9.59 Å². The van der Waals surface area contributed by atoms with E-state index in [1.165, 1.54) is 0 Å². The summed E-state index contributed by atoms with van der Waals surface area (Å²) in [5, 5.41) is 0. The predicted molar refractivity (Wildman–Crippen MR) is 89.8 cm³/mol. The van der Waals surface area contributed by atoms with E-state index in [4.69, 9.17) is 5.73 Å². The van der Waals surface area contributed by atoms with Crippen LogP contribution < -0.4 is 5.73 Å². The van der Waals surface area contributed by atoms with Gasteiger partial charge in [-0.3, -0.25) is 9.59 Å². The average molecular weight is 332 g/mol. The lowest BCUT2D eigenvalue weighted by atomic mass is 9.98. The highest BCUT2D eigenvalue weighted by Crippen LogP contribution is 2.22. The van der Waals surface area contributed by atoms with Gasteiger partial charge in [-0.1, -0.05) is 13.8 Å². The summed E-state index contributed by atoms with van der Waals surface area (Å²) in [5.41, 5.74) is 5.99. The van der Waals surface area contributed by atoms with Crippen LogP contribution >= 0.6 is 12.4 Å². The van der Waals surface area contributed by atoms with Crippen molar-refractivity contribution < 1.29 is 9.59 Å². The highest BCUT2D eigenvalue weighted by Gasteiger charge is 2.32. The molecule has 22 heavy (non-hydrogen) atoms. The minimum absolute atomic E-state index is 0. The van der Waals surface area contributed by atoms with Gasteiger partial charge in [-0.25, -0.2) is 0 Å². The van der Waals surface area contributed by atoms with Crippen molar-refractivity contribution in [3.05, 3.63) is 0 Å². The van der Waals surface area contributed by atoms with E-state index in [1.807, 2.05) is 9.80 Å². The molecule has 2 aliphatic heterocycles. The smallest absolute Gasteiger partial charge is 0.239 e. The molecule has 0 saturated carbocycles. The third-order valence-corrected chi connectivity index (χ3v) is 4.62. The van der Waals surface area contributed by atoms with Crippen molar-refractivity contribution in [2.75, 3.05) is 19.6 Å². The van der Waals surface area contributed by atoms with Gasteiger partial charge in [-0.15, -0.1) is 12.4 Å². The molecule has 2 saturated heterocycles. The Kier molecular flexibility index (Phi) is 7.63. The summed E-state index contributed by atoms with van der Waals surface area (Å²) in [7, 11) is 0. The van der Waals surface area contributed by atoms with Gasteiger partial charge in [-0.2, -0.15) is 0 Å². The molecular formula is C16H30ClN3O2. The molecular weight excluding hydrogens is 302 g/mol. The van der Waals surface area contributed by atoms with Gasteiger partial charge in [0.25, 0.3) is 0 Å². The van der Waals surface area contributed by atoms with Crippen molar-refractivity contribution in [1.82, 2.24) is 9.80 Å². The number of carbonyl (C=O) groups is 2. The number of amides is 2. The Bertz CT molecular complexity index is 382. The fourth-order valence-electron chi connectivity index (χ4n) is 3.45. The molecule has 0 aromatic carbocycles. The van der Waals surface area contributed by atoms with E-state index in [9.17, 15) is 9.59 Å². The number of carbonyl (C=O) groups excluding carboxylic acids is 2. The second-order valence-electron chi connectivity index (χ2n) is 6.84. The summed E-state index contributed by atoms with van der Waals surface area (Å²) in [5.74, 6) is 0.808. The van der Waals surface area contributed by atoms with Crippen LogP contribution in [0.5, 0.6) is 0 Å². The monoisotopic (exact) mass is 331 g/mol. The summed E-state index contributed by atoms with van der Waals surface area (Å²) >= 11 is 0. The van der Waals surface area contributed by atoms with Crippen LogP contribution in [0.25, 0.3) is 0 Å². The molecule has 2 fully saturated rings. The molecule has 0 aromatic rings. The summed E-state index contributed by atoms with van der Waals surface area (Å²) < 4.78 is 0. The fraction of sp³-hybridized carbons (Fsp3) is 0.875. The number of piperidine rings is 2. The average Bonchev–Trinajstić information content (AvgIpc) is 2.46. The standard InChI is InChI=1S/C16H29N3O2.ClH/c1-12(2)11-14(17)16(21)18-9-6-13(7-10-18)19-8-4-3-5-15(19)20;/h12-14H,3-11,17H2,1-2H3;1H/t14-;/m0./s1. The largest absolute Gasteiger partial charge is 0.341 e. The van der Waals surface area contributed by atoms with Crippen molar-refractivity contribution in [3.8, 4) is 0 Å². The van der Waals surface area contributed by atoms with Crippen LogP contribution in [0.1, 0.15) is 52.4 Å². The Hall–Kier alpha value is -0.810. The SMILES string of the molecule is CC(C)C[C@H](N)C(=O)N1CCC(N2CCCCC2=O)CC1.Cl. The first kappa shape index (κ1) is 19.2. The molecule has 0 bridgehead atoms. The molecule has 5 nitrogen and oxygen atoms in total. The normalized spacial score (nSPS) is 21.7. The molecule has 0 spiro atoms. The minimum Gasteiger partial charge on any atom is -0.341 e. The first-order valence-electron chi connectivity index (χ1n) is 8.33.